The molecule has 0 aromatic heterocycles. The van der Waals surface area contributed by atoms with Crippen LogP contribution in [0.1, 0.15) is 168 Å². The number of unbranched alkanes of at least 4 members (excludes halogenated alkanes) is 19. The van der Waals surface area contributed by atoms with E-state index in [4.69, 9.17) is 5.11 Å². The summed E-state index contributed by atoms with van der Waals surface area (Å²) in [6, 6.07) is 0.276. The lowest BCUT2D eigenvalue weighted by Crippen LogP contribution is -2.36. The molecule has 0 aromatic rings. The van der Waals surface area contributed by atoms with E-state index in [2.05, 4.69) is 25.7 Å². The van der Waals surface area contributed by atoms with E-state index in [1.54, 1.807) is 0 Å². The molecule has 0 aromatic carbocycles. The average Bonchev–Trinajstić information content (AvgIpc) is 2.83. The number of carbonyl (C=O) groups is 1. The third-order valence-electron chi connectivity index (χ3n) is 7.22. The molecular weight excluding hydrogens is 434 g/mol. The summed E-state index contributed by atoms with van der Waals surface area (Å²) in [6.45, 7) is 6.61. The summed E-state index contributed by atoms with van der Waals surface area (Å²) in [5, 5.41) is 18.4. The van der Waals surface area contributed by atoms with E-state index in [-0.39, 0.29) is 12.1 Å². The first-order valence-electron chi connectivity index (χ1n) is 15.4. The second kappa shape index (κ2) is 29.6. The van der Waals surface area contributed by atoms with Crippen molar-refractivity contribution >= 4 is 5.97 Å². The number of hydrogen-bond acceptors (Lipinski definition) is 3. The van der Waals surface area contributed by atoms with Gasteiger partial charge in [-0.25, -0.2) is 0 Å². The molecule has 2 atom stereocenters. The van der Waals surface area contributed by atoms with Crippen molar-refractivity contribution in [3.8, 4) is 0 Å². The Hall–Kier alpha value is -0.610. The lowest BCUT2D eigenvalue weighted by atomic mass is 10.0. The van der Waals surface area contributed by atoms with Crippen molar-refractivity contribution in [2.24, 2.45) is 0 Å². The van der Waals surface area contributed by atoms with Crippen molar-refractivity contribution in [3.63, 3.8) is 0 Å². The van der Waals surface area contributed by atoms with Crippen molar-refractivity contribution in [2.45, 2.75) is 181 Å². The highest BCUT2D eigenvalue weighted by atomic mass is 16.4. The number of rotatable bonds is 25. The lowest BCUT2D eigenvalue weighted by molar-refractivity contribution is -0.137. The summed E-state index contributed by atoms with van der Waals surface area (Å²) >= 11 is 0. The van der Waals surface area contributed by atoms with Crippen LogP contribution in [0, 0.1) is 0 Å². The monoisotopic (exact) mass is 499 g/mol. The predicted octanol–water partition coefficient (Wildman–Crippen LogP) is 9.38. The molecule has 0 bridgehead atoms. The minimum Gasteiger partial charge on any atom is -0.481 e. The molecule has 35 heavy (non-hydrogen) atoms. The Morgan fingerprint density at radius 3 is 1.23 bits per heavy atom. The van der Waals surface area contributed by atoms with Crippen molar-refractivity contribution in [1.29, 1.82) is 0 Å². The minimum absolute atomic E-state index is 0.163. The number of likely N-dealkylation sites (N-methyl/N-ethyl adjacent to an activating group) is 1. The van der Waals surface area contributed by atoms with Gasteiger partial charge in [0.25, 0.3) is 0 Å². The lowest BCUT2D eigenvalue weighted by Gasteiger charge is -2.25. The fourth-order valence-electron chi connectivity index (χ4n) is 4.37. The highest BCUT2D eigenvalue weighted by Gasteiger charge is 2.15. The van der Waals surface area contributed by atoms with Gasteiger partial charge in [-0.05, 0) is 33.9 Å². The van der Waals surface area contributed by atoms with E-state index in [9.17, 15) is 9.90 Å². The third kappa shape index (κ3) is 31.4. The van der Waals surface area contributed by atoms with E-state index in [0.29, 0.717) is 6.42 Å². The largest absolute Gasteiger partial charge is 0.481 e. The van der Waals surface area contributed by atoms with E-state index < -0.39 is 5.97 Å². The topological polar surface area (TPSA) is 60.8 Å². The summed E-state index contributed by atoms with van der Waals surface area (Å²) in [5.41, 5.74) is 0. The van der Waals surface area contributed by atoms with Crippen molar-refractivity contribution in [1.82, 2.24) is 4.90 Å². The predicted molar refractivity (Wildman–Crippen MR) is 154 cm³/mol. The number of hydrogen-bond donors (Lipinski definition) is 2. The summed E-state index contributed by atoms with van der Waals surface area (Å²) in [6.07, 6.45) is 28.7. The summed E-state index contributed by atoms with van der Waals surface area (Å²) < 4.78 is 0. The second-order valence-electron chi connectivity index (χ2n) is 10.9. The molecule has 0 fully saturated rings. The zero-order chi connectivity index (χ0) is 26.6. The zero-order valence-electron chi connectivity index (χ0n) is 24.7. The maximum atomic E-state index is 10.3. The van der Waals surface area contributed by atoms with Crippen LogP contribution >= 0.6 is 0 Å². The second-order valence-corrected chi connectivity index (χ2v) is 10.9. The van der Waals surface area contributed by atoms with Crippen LogP contribution in [0.3, 0.4) is 0 Å². The first kappa shape index (κ1) is 36.5. The molecule has 0 aliphatic heterocycles. The summed E-state index contributed by atoms with van der Waals surface area (Å²) in [7, 11) is 4.07. The first-order chi connectivity index (χ1) is 16.9. The Morgan fingerprint density at radius 2 is 0.914 bits per heavy atom. The Kier molecular flexibility index (Phi) is 30.9. The molecule has 212 valence electrons. The fourth-order valence-corrected chi connectivity index (χ4v) is 4.37. The van der Waals surface area contributed by atoms with Crippen LogP contribution in [0.5, 0.6) is 0 Å². The van der Waals surface area contributed by atoms with Gasteiger partial charge in [-0.15, -0.1) is 0 Å². The van der Waals surface area contributed by atoms with Gasteiger partial charge in [0.05, 0.1) is 6.10 Å². The van der Waals surface area contributed by atoms with Gasteiger partial charge in [-0.1, -0.05) is 142 Å². The molecule has 0 saturated carbocycles. The molecule has 4 nitrogen and oxygen atoms in total. The van der Waals surface area contributed by atoms with Gasteiger partial charge in [0.15, 0.2) is 0 Å². The Balaban J connectivity index is 0. The molecule has 0 rings (SSSR count). The van der Waals surface area contributed by atoms with Gasteiger partial charge >= 0.3 is 5.97 Å². The normalized spacial score (nSPS) is 12.9. The number of aliphatic carboxylic acids is 1. The SMILES string of the molecule is CCCCCCCCCCCCC(O)C(C)N(C)C.CCCCCCCCCCCCCC(=O)O. The van der Waals surface area contributed by atoms with Crippen LogP contribution in [0.4, 0.5) is 0 Å². The maximum Gasteiger partial charge on any atom is 0.303 e. The summed E-state index contributed by atoms with van der Waals surface area (Å²) in [4.78, 5) is 12.4. The van der Waals surface area contributed by atoms with Gasteiger partial charge in [-0.3, -0.25) is 4.79 Å². The molecular formula is C31H65NO3. The molecule has 0 saturated heterocycles. The van der Waals surface area contributed by atoms with Crippen molar-refractivity contribution in [3.05, 3.63) is 0 Å². The van der Waals surface area contributed by atoms with Gasteiger partial charge in [0.1, 0.15) is 0 Å². The zero-order valence-corrected chi connectivity index (χ0v) is 24.7. The van der Waals surface area contributed by atoms with E-state index in [0.717, 1.165) is 19.3 Å². The quantitative estimate of drug-likeness (QED) is 0.123. The van der Waals surface area contributed by atoms with Crippen LogP contribution in [0.2, 0.25) is 0 Å². The van der Waals surface area contributed by atoms with Crippen LogP contribution in [0.15, 0.2) is 0 Å². The van der Waals surface area contributed by atoms with E-state index in [1.807, 2.05) is 14.1 Å². The maximum absolute atomic E-state index is 10.3. The number of carboxylic acids is 1. The molecule has 0 amide bonds. The Labute approximate surface area is 220 Å². The van der Waals surface area contributed by atoms with E-state index >= 15 is 0 Å². The van der Waals surface area contributed by atoms with Gasteiger partial charge < -0.3 is 15.1 Å². The fraction of sp³-hybridized carbons (Fsp3) is 0.968. The number of aliphatic hydroxyl groups excluding tert-OH is 1. The smallest absolute Gasteiger partial charge is 0.303 e. The number of nitrogens with zero attached hydrogens (tertiary/aromatic N) is 1. The average molecular weight is 500 g/mol. The van der Waals surface area contributed by atoms with Crippen LogP contribution in [-0.2, 0) is 4.79 Å². The Morgan fingerprint density at radius 1 is 0.600 bits per heavy atom. The molecule has 2 unspecified atom stereocenters. The molecule has 0 aliphatic rings. The van der Waals surface area contributed by atoms with Gasteiger partial charge in [0.2, 0.25) is 0 Å². The molecule has 0 spiro atoms. The highest BCUT2D eigenvalue weighted by molar-refractivity contribution is 5.66. The molecule has 0 radical (unpaired) electrons. The highest BCUT2D eigenvalue weighted by Crippen LogP contribution is 2.14. The van der Waals surface area contributed by atoms with Crippen molar-refractivity contribution in [2.75, 3.05) is 14.1 Å². The first-order valence-corrected chi connectivity index (χ1v) is 15.4. The van der Waals surface area contributed by atoms with Crippen LogP contribution in [-0.4, -0.2) is 47.3 Å². The van der Waals surface area contributed by atoms with Gasteiger partial charge in [0, 0.05) is 12.5 Å². The van der Waals surface area contributed by atoms with Crippen LogP contribution in [0.25, 0.3) is 0 Å². The molecule has 2 N–H and O–H groups in total. The molecule has 0 aliphatic carbocycles. The van der Waals surface area contributed by atoms with Crippen molar-refractivity contribution < 1.29 is 15.0 Å². The van der Waals surface area contributed by atoms with Crippen LogP contribution < -0.4 is 0 Å². The molecule has 4 heteroatoms. The van der Waals surface area contributed by atoms with Gasteiger partial charge in [-0.2, -0.15) is 0 Å². The standard InChI is InChI=1S/C17H37NO.C14H28O2/c1-5-6-7-8-9-10-11-12-13-14-15-17(19)16(2)18(3)4;1-2-3-4-5-6-7-8-9-10-11-12-13-14(15)16/h16-17,19H,5-15H2,1-4H3;2-13H2,1H3,(H,15,16). The minimum atomic E-state index is -0.657. The van der Waals surface area contributed by atoms with E-state index in [1.165, 1.54) is 122 Å². The number of carboxylic acid groups (broad SMARTS) is 1. The Bertz CT molecular complexity index is 414. The summed E-state index contributed by atoms with van der Waals surface area (Å²) in [5.74, 6) is -0.657. The molecule has 0 heterocycles. The number of aliphatic hydroxyl groups is 1. The third-order valence-corrected chi connectivity index (χ3v) is 7.22.